The molecule has 1 N–H and O–H groups in total. The molecule has 5 heteroatoms. The van der Waals surface area contributed by atoms with Gasteiger partial charge in [0, 0.05) is 11.8 Å². The lowest BCUT2D eigenvalue weighted by Gasteiger charge is -2.16. The van der Waals surface area contributed by atoms with Gasteiger partial charge in [-0.1, -0.05) is 37.3 Å². The smallest absolute Gasteiger partial charge is 0.331 e. The normalized spacial score (nSPS) is 11.9. The number of carbonyl (C=O) groups is 2. The lowest BCUT2D eigenvalue weighted by atomic mass is 10.1. The molecule has 142 valence electrons. The monoisotopic (exact) mass is 367 g/mol. The predicted molar refractivity (Wildman–Crippen MR) is 107 cm³/mol. The average molecular weight is 367 g/mol. The Hall–Kier alpha value is -3.08. The number of hydrogen-bond donors (Lipinski definition) is 1. The Bertz CT molecular complexity index is 825. The fourth-order valence-corrected chi connectivity index (χ4v) is 2.57. The van der Waals surface area contributed by atoms with Crippen molar-refractivity contribution >= 4 is 23.6 Å². The number of aryl methyl sites for hydroxylation is 2. The Morgan fingerprint density at radius 2 is 1.85 bits per heavy atom. The summed E-state index contributed by atoms with van der Waals surface area (Å²) in [5.74, 6) is -0.193. The molecule has 2 aromatic carbocycles. The summed E-state index contributed by atoms with van der Waals surface area (Å²) in [6.07, 6.45) is 2.83. The minimum absolute atomic E-state index is 0.356. The van der Waals surface area contributed by atoms with Crippen LogP contribution in [0.1, 0.15) is 30.5 Å². The van der Waals surface area contributed by atoms with Gasteiger partial charge in [0.25, 0.3) is 5.91 Å². The van der Waals surface area contributed by atoms with E-state index in [1.165, 1.54) is 6.08 Å². The molecule has 0 fully saturated rings. The standard InChI is InChI=1S/C22H25NO4/c1-5-18-8-6-7-15(2)21(18)23-22(25)16(3)27-20(24)14-11-17-9-12-19(26-4)13-10-17/h6-14,16H,5H2,1-4H3,(H,23,25)/b14-11+/t16-/m0/s1. The Morgan fingerprint density at radius 3 is 2.48 bits per heavy atom. The molecular weight excluding hydrogens is 342 g/mol. The molecule has 5 nitrogen and oxygen atoms in total. The quantitative estimate of drug-likeness (QED) is 0.590. The molecule has 0 spiro atoms. The van der Waals surface area contributed by atoms with Crippen molar-refractivity contribution in [2.75, 3.05) is 12.4 Å². The van der Waals surface area contributed by atoms with Gasteiger partial charge in [-0.3, -0.25) is 4.79 Å². The highest BCUT2D eigenvalue weighted by molar-refractivity contribution is 5.97. The van der Waals surface area contributed by atoms with Gasteiger partial charge in [-0.15, -0.1) is 0 Å². The van der Waals surface area contributed by atoms with Crippen molar-refractivity contribution in [1.29, 1.82) is 0 Å². The molecule has 27 heavy (non-hydrogen) atoms. The highest BCUT2D eigenvalue weighted by Crippen LogP contribution is 2.21. The van der Waals surface area contributed by atoms with Gasteiger partial charge in [-0.05, 0) is 55.2 Å². The first-order valence-electron chi connectivity index (χ1n) is 8.86. The van der Waals surface area contributed by atoms with E-state index < -0.39 is 12.1 Å². The van der Waals surface area contributed by atoms with Gasteiger partial charge >= 0.3 is 5.97 Å². The van der Waals surface area contributed by atoms with Crippen molar-refractivity contribution in [1.82, 2.24) is 0 Å². The van der Waals surface area contributed by atoms with Gasteiger partial charge < -0.3 is 14.8 Å². The summed E-state index contributed by atoms with van der Waals surface area (Å²) in [6.45, 7) is 5.51. The van der Waals surface area contributed by atoms with Crippen LogP contribution in [0.2, 0.25) is 0 Å². The number of anilines is 1. The molecule has 2 rings (SSSR count). The molecule has 0 heterocycles. The van der Waals surface area contributed by atoms with Gasteiger partial charge in [0.1, 0.15) is 5.75 Å². The Labute approximate surface area is 160 Å². The predicted octanol–water partition coefficient (Wildman–Crippen LogP) is 4.15. The average Bonchev–Trinajstić information content (AvgIpc) is 2.68. The fraction of sp³-hybridized carbons (Fsp3) is 0.273. The molecular formula is C22H25NO4. The minimum atomic E-state index is -0.901. The van der Waals surface area contributed by atoms with Crippen LogP contribution in [0, 0.1) is 6.92 Å². The second-order valence-electron chi connectivity index (χ2n) is 6.14. The summed E-state index contributed by atoms with van der Waals surface area (Å²) in [5, 5.41) is 2.87. The van der Waals surface area contributed by atoms with E-state index in [9.17, 15) is 9.59 Å². The molecule has 0 aliphatic heterocycles. The number of esters is 1. The molecule has 0 radical (unpaired) electrons. The number of para-hydroxylation sites is 1. The zero-order valence-electron chi connectivity index (χ0n) is 16.1. The Balaban J connectivity index is 1.95. The zero-order valence-corrected chi connectivity index (χ0v) is 16.1. The summed E-state index contributed by atoms with van der Waals surface area (Å²) in [4.78, 5) is 24.4. The van der Waals surface area contributed by atoms with Gasteiger partial charge in [-0.2, -0.15) is 0 Å². The highest BCUT2D eigenvalue weighted by atomic mass is 16.5. The van der Waals surface area contributed by atoms with Crippen molar-refractivity contribution in [3.63, 3.8) is 0 Å². The SMILES string of the molecule is CCc1cccc(C)c1NC(=O)[C@H](C)OC(=O)/C=C/c1ccc(OC)cc1. The van der Waals surface area contributed by atoms with E-state index in [4.69, 9.17) is 9.47 Å². The molecule has 0 unspecified atom stereocenters. The Kier molecular flexibility index (Phi) is 7.17. The molecule has 2 aromatic rings. The van der Waals surface area contributed by atoms with E-state index in [1.54, 1.807) is 32.2 Å². The number of amides is 1. The van der Waals surface area contributed by atoms with Crippen molar-refractivity contribution in [2.24, 2.45) is 0 Å². The Morgan fingerprint density at radius 1 is 1.15 bits per heavy atom. The van der Waals surface area contributed by atoms with Crippen molar-refractivity contribution in [3.05, 3.63) is 65.2 Å². The van der Waals surface area contributed by atoms with Crippen molar-refractivity contribution in [2.45, 2.75) is 33.3 Å². The van der Waals surface area contributed by atoms with Gasteiger partial charge in [-0.25, -0.2) is 4.79 Å². The van der Waals surface area contributed by atoms with Gasteiger partial charge in [0.15, 0.2) is 6.10 Å². The first-order valence-corrected chi connectivity index (χ1v) is 8.86. The number of ether oxygens (including phenoxy) is 2. The van der Waals surface area contributed by atoms with Crippen LogP contribution in [0.4, 0.5) is 5.69 Å². The zero-order chi connectivity index (χ0) is 19.8. The van der Waals surface area contributed by atoms with Gasteiger partial charge in [0.2, 0.25) is 0 Å². The molecule has 0 bridgehead atoms. The first kappa shape index (κ1) is 20.2. The highest BCUT2D eigenvalue weighted by Gasteiger charge is 2.18. The van der Waals surface area contributed by atoms with E-state index in [0.717, 1.165) is 34.5 Å². The number of nitrogens with one attached hydrogen (secondary N) is 1. The molecule has 0 aliphatic rings. The van der Waals surface area contributed by atoms with E-state index >= 15 is 0 Å². The van der Waals surface area contributed by atoms with Crippen molar-refractivity contribution < 1.29 is 19.1 Å². The summed E-state index contributed by atoms with van der Waals surface area (Å²) in [5.41, 5.74) is 3.63. The van der Waals surface area contributed by atoms with Crippen LogP contribution in [0.15, 0.2) is 48.5 Å². The van der Waals surface area contributed by atoms with Crippen LogP contribution in [0.25, 0.3) is 6.08 Å². The second-order valence-corrected chi connectivity index (χ2v) is 6.14. The maximum Gasteiger partial charge on any atom is 0.331 e. The van der Waals surface area contributed by atoms with Crippen LogP contribution < -0.4 is 10.1 Å². The largest absolute Gasteiger partial charge is 0.497 e. The summed E-state index contributed by atoms with van der Waals surface area (Å²) >= 11 is 0. The van der Waals surface area contributed by atoms with E-state index in [2.05, 4.69) is 5.32 Å². The molecule has 1 amide bonds. The van der Waals surface area contributed by atoms with Gasteiger partial charge in [0.05, 0.1) is 7.11 Å². The van der Waals surface area contributed by atoms with E-state index in [0.29, 0.717) is 0 Å². The summed E-state index contributed by atoms with van der Waals surface area (Å²) in [6, 6.07) is 13.1. The number of hydrogen-bond acceptors (Lipinski definition) is 4. The van der Waals surface area contributed by atoms with Crippen molar-refractivity contribution in [3.8, 4) is 5.75 Å². The number of benzene rings is 2. The number of carbonyl (C=O) groups excluding carboxylic acids is 2. The van der Waals surface area contributed by atoms with E-state index in [1.807, 2.05) is 44.2 Å². The fourth-order valence-electron chi connectivity index (χ4n) is 2.57. The lowest BCUT2D eigenvalue weighted by Crippen LogP contribution is -2.30. The molecule has 0 aliphatic carbocycles. The van der Waals surface area contributed by atoms with Crippen LogP contribution >= 0.6 is 0 Å². The molecule has 0 saturated carbocycles. The number of rotatable bonds is 7. The first-order chi connectivity index (χ1) is 12.9. The molecule has 0 aromatic heterocycles. The maximum absolute atomic E-state index is 12.4. The lowest BCUT2D eigenvalue weighted by molar-refractivity contribution is -0.148. The maximum atomic E-state index is 12.4. The van der Waals surface area contributed by atoms with Crippen LogP contribution in [0.5, 0.6) is 5.75 Å². The third kappa shape index (κ3) is 5.71. The summed E-state index contributed by atoms with van der Waals surface area (Å²) < 4.78 is 10.3. The molecule has 0 saturated heterocycles. The third-order valence-electron chi connectivity index (χ3n) is 4.18. The van der Waals surface area contributed by atoms with E-state index in [-0.39, 0.29) is 5.91 Å². The van der Waals surface area contributed by atoms with Crippen LogP contribution in [0.3, 0.4) is 0 Å². The van der Waals surface area contributed by atoms with Crippen LogP contribution in [-0.2, 0) is 20.7 Å². The second kappa shape index (κ2) is 9.57. The molecule has 1 atom stereocenters. The minimum Gasteiger partial charge on any atom is -0.497 e. The topological polar surface area (TPSA) is 64.6 Å². The summed E-state index contributed by atoms with van der Waals surface area (Å²) in [7, 11) is 1.59. The van der Waals surface area contributed by atoms with Crippen LogP contribution in [-0.4, -0.2) is 25.1 Å². The number of methoxy groups -OCH3 is 1. The third-order valence-corrected chi connectivity index (χ3v) is 4.18.